The van der Waals surface area contributed by atoms with Crippen LogP contribution in [0.1, 0.15) is 5.69 Å². The topological polar surface area (TPSA) is 90.0 Å². The number of nitrogen functional groups attached to an aromatic ring is 1. The van der Waals surface area contributed by atoms with Gasteiger partial charge in [-0.15, -0.1) is 0 Å². The number of carbonyl (C=O) groups is 1. The molecule has 0 bridgehead atoms. The maximum atomic E-state index is 11.9. The summed E-state index contributed by atoms with van der Waals surface area (Å²) < 4.78 is 1.79. The number of halogens is 1. The number of nitrogens with two attached hydrogens (primary N) is 1. The van der Waals surface area contributed by atoms with Crippen molar-refractivity contribution in [2.75, 3.05) is 11.1 Å². The van der Waals surface area contributed by atoms with E-state index in [0.29, 0.717) is 20.6 Å². The molecule has 2 aromatic rings. The molecule has 3 N–H and O–H groups in total. The molecule has 0 saturated carbocycles. The highest BCUT2D eigenvalue weighted by atomic mass is 127. The van der Waals surface area contributed by atoms with Gasteiger partial charge >= 0.3 is 0 Å². The number of rotatable bonds is 3. The van der Waals surface area contributed by atoms with Crippen molar-refractivity contribution in [1.82, 2.24) is 9.55 Å². The highest BCUT2D eigenvalue weighted by Crippen LogP contribution is 2.11. The summed E-state index contributed by atoms with van der Waals surface area (Å²) >= 11 is 1.93. The Labute approximate surface area is 129 Å². The number of amides is 1. The summed E-state index contributed by atoms with van der Waals surface area (Å²) in [7, 11) is 0. The van der Waals surface area contributed by atoms with Crippen molar-refractivity contribution in [3.8, 4) is 0 Å². The molecule has 1 aromatic heterocycles. The Balaban J connectivity index is 2.13. The summed E-state index contributed by atoms with van der Waals surface area (Å²) in [5.41, 5.74) is 7.22. The molecule has 0 fully saturated rings. The average molecular weight is 384 g/mol. The molecular formula is C13H13IN4O2. The van der Waals surface area contributed by atoms with Crippen LogP contribution in [0, 0.1) is 10.5 Å². The average Bonchev–Trinajstić information content (AvgIpc) is 2.39. The lowest BCUT2D eigenvalue weighted by molar-refractivity contribution is -0.116. The Kier molecular flexibility index (Phi) is 4.38. The molecular weight excluding hydrogens is 371 g/mol. The SMILES string of the molecule is Cc1ncn(CC(=O)Nc2cccc(N)c2)c(=O)c1I. The van der Waals surface area contributed by atoms with E-state index >= 15 is 0 Å². The first-order valence-electron chi connectivity index (χ1n) is 5.84. The minimum atomic E-state index is -0.306. The van der Waals surface area contributed by atoms with Crippen molar-refractivity contribution in [3.05, 3.63) is 50.2 Å². The smallest absolute Gasteiger partial charge is 0.267 e. The number of benzene rings is 1. The van der Waals surface area contributed by atoms with Crippen LogP contribution in [-0.2, 0) is 11.3 Å². The van der Waals surface area contributed by atoms with Gasteiger partial charge in [0.25, 0.3) is 5.56 Å². The van der Waals surface area contributed by atoms with Crippen molar-refractivity contribution < 1.29 is 4.79 Å². The van der Waals surface area contributed by atoms with Gasteiger partial charge in [0, 0.05) is 11.4 Å². The molecule has 7 heteroatoms. The highest BCUT2D eigenvalue weighted by molar-refractivity contribution is 14.1. The van der Waals surface area contributed by atoms with Crippen molar-refractivity contribution >= 4 is 39.9 Å². The van der Waals surface area contributed by atoms with Crippen LogP contribution in [0.15, 0.2) is 35.4 Å². The lowest BCUT2D eigenvalue weighted by Crippen LogP contribution is -2.29. The van der Waals surface area contributed by atoms with Gasteiger partial charge < -0.3 is 11.1 Å². The molecule has 1 heterocycles. The van der Waals surface area contributed by atoms with Crippen molar-refractivity contribution in [2.24, 2.45) is 0 Å². The van der Waals surface area contributed by atoms with Crippen LogP contribution in [0.3, 0.4) is 0 Å². The van der Waals surface area contributed by atoms with Crippen LogP contribution < -0.4 is 16.6 Å². The second-order valence-electron chi connectivity index (χ2n) is 4.25. The van der Waals surface area contributed by atoms with Crippen molar-refractivity contribution in [3.63, 3.8) is 0 Å². The Morgan fingerprint density at radius 2 is 2.25 bits per heavy atom. The maximum absolute atomic E-state index is 11.9. The molecule has 2 rings (SSSR count). The number of aryl methyl sites for hydroxylation is 1. The molecule has 1 aromatic carbocycles. The lowest BCUT2D eigenvalue weighted by Gasteiger charge is -2.08. The molecule has 0 aliphatic rings. The second-order valence-corrected chi connectivity index (χ2v) is 5.33. The monoisotopic (exact) mass is 384 g/mol. The molecule has 1 amide bonds. The van der Waals surface area contributed by atoms with E-state index in [9.17, 15) is 9.59 Å². The van der Waals surface area contributed by atoms with Gasteiger partial charge in [0.2, 0.25) is 5.91 Å². The van der Waals surface area contributed by atoms with E-state index in [-0.39, 0.29) is 18.0 Å². The molecule has 0 atom stereocenters. The summed E-state index contributed by atoms with van der Waals surface area (Å²) in [5, 5.41) is 2.68. The van der Waals surface area contributed by atoms with E-state index in [1.165, 1.54) is 10.9 Å². The number of nitrogens with one attached hydrogen (secondary N) is 1. The van der Waals surface area contributed by atoms with Gasteiger partial charge in [-0.2, -0.15) is 0 Å². The summed E-state index contributed by atoms with van der Waals surface area (Å²) in [4.78, 5) is 27.9. The Bertz CT molecular complexity index is 712. The molecule has 0 aliphatic heterocycles. The lowest BCUT2D eigenvalue weighted by atomic mass is 10.3. The molecule has 0 aliphatic carbocycles. The first-order valence-corrected chi connectivity index (χ1v) is 6.92. The zero-order valence-corrected chi connectivity index (χ0v) is 12.9. The van der Waals surface area contributed by atoms with Gasteiger partial charge in [-0.1, -0.05) is 6.07 Å². The number of aromatic nitrogens is 2. The zero-order chi connectivity index (χ0) is 14.7. The van der Waals surface area contributed by atoms with Gasteiger partial charge in [-0.05, 0) is 47.7 Å². The third-order valence-corrected chi connectivity index (χ3v) is 3.88. The summed E-state index contributed by atoms with van der Waals surface area (Å²) in [6, 6.07) is 6.85. The van der Waals surface area contributed by atoms with Crippen LogP contribution in [0.25, 0.3) is 0 Å². The summed E-state index contributed by atoms with van der Waals surface area (Å²) in [6.07, 6.45) is 1.37. The van der Waals surface area contributed by atoms with E-state index in [4.69, 9.17) is 5.73 Å². The van der Waals surface area contributed by atoms with Crippen LogP contribution in [0.4, 0.5) is 11.4 Å². The normalized spacial score (nSPS) is 10.3. The first kappa shape index (κ1) is 14.5. The summed E-state index contributed by atoms with van der Waals surface area (Å²) in [5.74, 6) is -0.306. The number of anilines is 2. The van der Waals surface area contributed by atoms with Crippen LogP contribution in [0.2, 0.25) is 0 Å². The van der Waals surface area contributed by atoms with Gasteiger partial charge in [0.15, 0.2) is 0 Å². The standard InChI is InChI=1S/C13H13IN4O2/c1-8-12(14)13(20)18(7-16-8)6-11(19)17-10-4-2-3-9(15)5-10/h2-5,7H,6,15H2,1H3,(H,17,19). The molecule has 0 radical (unpaired) electrons. The largest absolute Gasteiger partial charge is 0.399 e. The van der Waals surface area contributed by atoms with Crippen LogP contribution in [-0.4, -0.2) is 15.5 Å². The number of hydrogen-bond acceptors (Lipinski definition) is 4. The van der Waals surface area contributed by atoms with Crippen LogP contribution in [0.5, 0.6) is 0 Å². The predicted molar refractivity (Wildman–Crippen MR) is 85.4 cm³/mol. The van der Waals surface area contributed by atoms with E-state index < -0.39 is 0 Å². The number of nitrogens with zero attached hydrogens (tertiary/aromatic N) is 2. The number of carbonyl (C=O) groups excluding carboxylic acids is 1. The Morgan fingerprint density at radius 3 is 2.95 bits per heavy atom. The Morgan fingerprint density at radius 1 is 1.50 bits per heavy atom. The summed E-state index contributed by atoms with van der Waals surface area (Å²) in [6.45, 7) is 1.66. The maximum Gasteiger partial charge on any atom is 0.267 e. The van der Waals surface area contributed by atoms with Gasteiger partial charge in [0.05, 0.1) is 15.6 Å². The zero-order valence-electron chi connectivity index (χ0n) is 10.8. The fourth-order valence-corrected chi connectivity index (χ4v) is 2.08. The minimum Gasteiger partial charge on any atom is -0.399 e. The minimum absolute atomic E-state index is 0.0864. The quantitative estimate of drug-likeness (QED) is 0.618. The molecule has 0 unspecified atom stereocenters. The van der Waals surface area contributed by atoms with Gasteiger partial charge in [-0.25, -0.2) is 4.98 Å². The van der Waals surface area contributed by atoms with Crippen LogP contribution >= 0.6 is 22.6 Å². The predicted octanol–water partition coefficient (Wildman–Crippen LogP) is 1.38. The van der Waals surface area contributed by atoms with Gasteiger partial charge in [0.1, 0.15) is 6.54 Å². The molecule has 104 valence electrons. The third-order valence-electron chi connectivity index (χ3n) is 2.64. The molecule has 6 nitrogen and oxygen atoms in total. The fourth-order valence-electron chi connectivity index (χ4n) is 1.63. The van der Waals surface area contributed by atoms with Gasteiger partial charge in [-0.3, -0.25) is 14.2 Å². The highest BCUT2D eigenvalue weighted by Gasteiger charge is 2.09. The van der Waals surface area contributed by atoms with E-state index in [2.05, 4.69) is 10.3 Å². The molecule has 0 spiro atoms. The third kappa shape index (κ3) is 3.35. The second kappa shape index (κ2) is 6.04. The Hall–Kier alpha value is -1.90. The fraction of sp³-hybridized carbons (Fsp3) is 0.154. The van der Waals surface area contributed by atoms with Crippen molar-refractivity contribution in [1.29, 1.82) is 0 Å². The molecule has 0 saturated heterocycles. The molecule has 20 heavy (non-hydrogen) atoms. The van der Waals surface area contributed by atoms with E-state index in [1.54, 1.807) is 31.2 Å². The first-order chi connectivity index (χ1) is 9.47. The number of hydrogen-bond donors (Lipinski definition) is 2. The van der Waals surface area contributed by atoms with E-state index in [0.717, 1.165) is 0 Å². The van der Waals surface area contributed by atoms with E-state index in [1.807, 2.05) is 22.6 Å². The van der Waals surface area contributed by atoms with Crippen molar-refractivity contribution in [2.45, 2.75) is 13.5 Å².